The van der Waals surface area contributed by atoms with E-state index < -0.39 is 6.04 Å². The quantitative estimate of drug-likeness (QED) is 0.448. The molecule has 0 amide bonds. The molecule has 3 aromatic carbocycles. The van der Waals surface area contributed by atoms with E-state index in [2.05, 4.69) is 20.2 Å². The monoisotopic (exact) mass is 368 g/mol. The van der Waals surface area contributed by atoms with Gasteiger partial charge in [0.2, 0.25) is 5.11 Å². The summed E-state index contributed by atoms with van der Waals surface area (Å²) in [5.41, 5.74) is 4.22. The number of hydrogen-bond acceptors (Lipinski definition) is 3. The van der Waals surface area contributed by atoms with Crippen LogP contribution in [-0.4, -0.2) is 22.6 Å². The van der Waals surface area contributed by atoms with E-state index in [-0.39, 0.29) is 0 Å². The van der Waals surface area contributed by atoms with Crippen molar-refractivity contribution in [2.24, 2.45) is 20.2 Å². The fourth-order valence-corrected chi connectivity index (χ4v) is 3.07. The molecule has 4 rings (SSSR count). The second-order valence-corrected chi connectivity index (χ2v) is 6.33. The van der Waals surface area contributed by atoms with Crippen LogP contribution in [0.4, 0.5) is 5.69 Å². The first-order valence-electron chi connectivity index (χ1n) is 8.59. The molecule has 0 spiro atoms. The molecule has 0 saturated heterocycles. The summed E-state index contributed by atoms with van der Waals surface area (Å²) in [6, 6.07) is 29.0. The molecule has 4 nitrogen and oxygen atoms in total. The fraction of sp³-hybridized carbons (Fsp3) is 0.0455. The van der Waals surface area contributed by atoms with E-state index in [1.807, 2.05) is 91.0 Å². The van der Waals surface area contributed by atoms with Gasteiger partial charge in [-0.25, -0.2) is 9.98 Å². The molecule has 0 atom stereocenters. The lowest BCUT2D eigenvalue weighted by Gasteiger charge is -2.21. The number of azo groups is 1. The first-order valence-corrected chi connectivity index (χ1v) is 9.00. The van der Waals surface area contributed by atoms with E-state index in [4.69, 9.17) is 12.2 Å². The molecular formula is C22H16N4S. The number of hydrogen-bond donors (Lipinski definition) is 0. The smallest absolute Gasteiger partial charge is 0.219 e. The lowest BCUT2D eigenvalue weighted by Crippen LogP contribution is -2.34. The van der Waals surface area contributed by atoms with Crippen LogP contribution in [0.3, 0.4) is 0 Å². The van der Waals surface area contributed by atoms with Gasteiger partial charge in [-0.1, -0.05) is 78.9 Å². The van der Waals surface area contributed by atoms with Crippen molar-refractivity contribution in [3.05, 3.63) is 102 Å². The maximum Gasteiger partial charge on any atom is 0.219 e. The highest BCUT2D eigenvalue weighted by Crippen LogP contribution is 2.21. The minimum absolute atomic E-state index is 0.305. The molecule has 0 saturated carbocycles. The highest BCUT2D eigenvalue weighted by molar-refractivity contribution is 7.80. The Morgan fingerprint density at radius 3 is 1.56 bits per heavy atom. The molecule has 1 aliphatic heterocycles. The summed E-state index contributed by atoms with van der Waals surface area (Å²) in [6.45, 7) is 0. The minimum Gasteiger partial charge on any atom is -0.220 e. The summed E-state index contributed by atoms with van der Waals surface area (Å²) in [4.78, 5) is 9.06. The highest BCUT2D eigenvalue weighted by Gasteiger charge is 2.29. The van der Waals surface area contributed by atoms with E-state index in [1.54, 1.807) is 0 Å². The summed E-state index contributed by atoms with van der Waals surface area (Å²) in [5, 5.41) is 9.34. The van der Waals surface area contributed by atoms with E-state index in [0.717, 1.165) is 28.2 Å². The third kappa shape index (κ3) is 3.93. The van der Waals surface area contributed by atoms with Gasteiger partial charge >= 0.3 is 0 Å². The summed E-state index contributed by atoms with van der Waals surface area (Å²) < 4.78 is 0. The van der Waals surface area contributed by atoms with E-state index in [1.165, 1.54) is 0 Å². The van der Waals surface area contributed by atoms with Gasteiger partial charge in [0.05, 0.1) is 17.1 Å². The Morgan fingerprint density at radius 2 is 1.07 bits per heavy atom. The summed E-state index contributed by atoms with van der Waals surface area (Å²) in [7, 11) is 0. The van der Waals surface area contributed by atoms with Gasteiger partial charge in [-0.3, -0.25) is 0 Å². The zero-order valence-corrected chi connectivity index (χ0v) is 15.3. The molecule has 5 heteroatoms. The van der Waals surface area contributed by atoms with Crippen LogP contribution in [0.5, 0.6) is 0 Å². The van der Waals surface area contributed by atoms with Crippen molar-refractivity contribution in [1.82, 2.24) is 0 Å². The van der Waals surface area contributed by atoms with Crippen LogP contribution in [-0.2, 0) is 0 Å². The number of benzene rings is 3. The van der Waals surface area contributed by atoms with Crippen LogP contribution in [0.25, 0.3) is 0 Å². The Morgan fingerprint density at radius 1 is 0.630 bits per heavy atom. The average Bonchev–Trinajstić information content (AvgIpc) is 2.74. The molecule has 0 unspecified atom stereocenters. The zero-order valence-electron chi connectivity index (χ0n) is 14.4. The molecule has 0 aliphatic carbocycles. The normalized spacial score (nSPS) is 14.9. The van der Waals surface area contributed by atoms with Crippen molar-refractivity contribution in [1.29, 1.82) is 0 Å². The van der Waals surface area contributed by atoms with Crippen LogP contribution in [0.15, 0.2) is 111 Å². The van der Waals surface area contributed by atoms with Gasteiger partial charge in [0.1, 0.15) is 0 Å². The molecule has 3 aromatic rings. The summed E-state index contributed by atoms with van der Waals surface area (Å²) in [5.74, 6) is 0. The van der Waals surface area contributed by atoms with Gasteiger partial charge in [0.15, 0.2) is 6.04 Å². The Hall–Kier alpha value is -3.31. The van der Waals surface area contributed by atoms with Crippen LogP contribution in [0, 0.1) is 0 Å². The third-order valence-electron chi connectivity index (χ3n) is 4.13. The highest BCUT2D eigenvalue weighted by atomic mass is 32.1. The molecule has 0 fully saturated rings. The van der Waals surface area contributed by atoms with E-state index >= 15 is 0 Å². The van der Waals surface area contributed by atoms with Crippen molar-refractivity contribution in [2.75, 3.05) is 0 Å². The number of aliphatic imine (C=N–C) groups is 2. The first-order chi connectivity index (χ1) is 13.3. The van der Waals surface area contributed by atoms with Crippen molar-refractivity contribution in [3.63, 3.8) is 0 Å². The van der Waals surface area contributed by atoms with Gasteiger partial charge in [0, 0.05) is 0 Å². The Balaban J connectivity index is 1.80. The van der Waals surface area contributed by atoms with Crippen LogP contribution >= 0.6 is 12.2 Å². The van der Waals surface area contributed by atoms with Gasteiger partial charge in [-0.2, -0.15) is 10.2 Å². The molecule has 1 aliphatic rings. The van der Waals surface area contributed by atoms with Crippen molar-refractivity contribution in [3.8, 4) is 0 Å². The Bertz CT molecular complexity index is 966. The predicted molar refractivity (Wildman–Crippen MR) is 113 cm³/mol. The average molecular weight is 368 g/mol. The lowest BCUT2D eigenvalue weighted by molar-refractivity contribution is 0.993. The van der Waals surface area contributed by atoms with Gasteiger partial charge in [-0.05, 0) is 35.5 Å². The standard InChI is InChI=1S/C22H16N4S/c27-22-23-19(16-10-4-1-5-11-16)21(26-25-18-14-8-3-9-15-18)20(24-22)17-12-6-2-7-13-17/h1-15,21H. The lowest BCUT2D eigenvalue weighted by atomic mass is 9.94. The molecule has 1 heterocycles. The summed E-state index contributed by atoms with van der Waals surface area (Å²) >= 11 is 5.34. The third-order valence-corrected chi connectivity index (χ3v) is 4.32. The number of thiocarbonyl (C=S) groups is 1. The molecule has 0 aromatic heterocycles. The predicted octanol–water partition coefficient (Wildman–Crippen LogP) is 5.42. The zero-order chi connectivity index (χ0) is 18.5. The Kier molecular flexibility index (Phi) is 5.03. The maximum atomic E-state index is 5.34. The van der Waals surface area contributed by atoms with Crippen molar-refractivity contribution in [2.45, 2.75) is 6.04 Å². The number of nitrogens with zero attached hydrogens (tertiary/aromatic N) is 4. The van der Waals surface area contributed by atoms with Gasteiger partial charge in [0.25, 0.3) is 0 Å². The Labute approximate surface area is 163 Å². The second kappa shape index (κ2) is 7.93. The topological polar surface area (TPSA) is 49.4 Å². The molecular weight excluding hydrogens is 352 g/mol. The van der Waals surface area contributed by atoms with Crippen LogP contribution in [0.1, 0.15) is 11.1 Å². The van der Waals surface area contributed by atoms with E-state index in [0.29, 0.717) is 5.11 Å². The molecule has 130 valence electrons. The maximum absolute atomic E-state index is 5.34. The summed E-state index contributed by atoms with van der Waals surface area (Å²) in [6.07, 6.45) is 0. The minimum atomic E-state index is -0.429. The van der Waals surface area contributed by atoms with Gasteiger partial charge in [-0.15, -0.1) is 0 Å². The van der Waals surface area contributed by atoms with Gasteiger partial charge < -0.3 is 0 Å². The van der Waals surface area contributed by atoms with Crippen molar-refractivity contribution >= 4 is 34.4 Å². The van der Waals surface area contributed by atoms with Crippen LogP contribution < -0.4 is 0 Å². The van der Waals surface area contributed by atoms with Crippen LogP contribution in [0.2, 0.25) is 0 Å². The second-order valence-electron chi connectivity index (χ2n) is 5.96. The molecule has 0 radical (unpaired) electrons. The van der Waals surface area contributed by atoms with E-state index in [9.17, 15) is 0 Å². The van der Waals surface area contributed by atoms with Crippen molar-refractivity contribution < 1.29 is 0 Å². The fourth-order valence-electron chi connectivity index (χ4n) is 2.87. The number of rotatable bonds is 4. The molecule has 27 heavy (non-hydrogen) atoms. The largest absolute Gasteiger partial charge is 0.220 e. The molecule has 0 N–H and O–H groups in total. The first kappa shape index (κ1) is 17.1. The molecule has 0 bridgehead atoms. The SMILES string of the molecule is S=C1N=C(c2ccccc2)C(N=Nc2ccccc2)C(c2ccccc2)=N1.